The summed E-state index contributed by atoms with van der Waals surface area (Å²) in [6.07, 6.45) is 1.04. The molecule has 0 saturated heterocycles. The van der Waals surface area contributed by atoms with Gasteiger partial charge in [-0.15, -0.1) is 0 Å². The van der Waals surface area contributed by atoms with E-state index in [2.05, 4.69) is 60.0 Å². The van der Waals surface area contributed by atoms with Gasteiger partial charge in [0.25, 0.3) is 0 Å². The second kappa shape index (κ2) is 7.64. The zero-order valence-corrected chi connectivity index (χ0v) is 14.1. The molecule has 1 unspecified atom stereocenters. The van der Waals surface area contributed by atoms with E-state index < -0.39 is 0 Å². The van der Waals surface area contributed by atoms with Crippen LogP contribution in [0.5, 0.6) is 11.5 Å². The molecular weight excluding hydrogens is 361 g/mol. The Kier molecular flexibility index (Phi) is 5.86. The van der Waals surface area contributed by atoms with Gasteiger partial charge >= 0.3 is 0 Å². The van der Waals surface area contributed by atoms with E-state index in [9.17, 15) is 0 Å². The van der Waals surface area contributed by atoms with Gasteiger partial charge in [-0.2, -0.15) is 0 Å². The summed E-state index contributed by atoms with van der Waals surface area (Å²) in [6.45, 7) is 5.28. The van der Waals surface area contributed by atoms with Gasteiger partial charge in [-0.3, -0.25) is 0 Å². The lowest BCUT2D eigenvalue weighted by Gasteiger charge is -2.20. The summed E-state index contributed by atoms with van der Waals surface area (Å²) in [6, 6.07) is 16.7. The van der Waals surface area contributed by atoms with E-state index in [1.807, 2.05) is 30.3 Å². The number of rotatable bonds is 6. The van der Waals surface area contributed by atoms with Crippen LogP contribution < -0.4 is 10.1 Å². The largest absolute Gasteiger partial charge is 0.457 e. The molecule has 2 aromatic rings. The van der Waals surface area contributed by atoms with Crippen molar-refractivity contribution in [2.45, 2.75) is 26.3 Å². The van der Waals surface area contributed by atoms with E-state index in [4.69, 9.17) is 4.74 Å². The lowest BCUT2D eigenvalue weighted by Crippen LogP contribution is -2.20. The molecule has 0 aliphatic rings. The van der Waals surface area contributed by atoms with Crippen LogP contribution in [0.15, 0.2) is 48.5 Å². The minimum absolute atomic E-state index is 0.332. The van der Waals surface area contributed by atoms with Crippen molar-refractivity contribution >= 4 is 22.6 Å². The van der Waals surface area contributed by atoms with Gasteiger partial charge in [0.2, 0.25) is 0 Å². The summed E-state index contributed by atoms with van der Waals surface area (Å²) in [5.41, 5.74) is 1.22. The molecule has 2 nitrogen and oxygen atoms in total. The molecule has 3 heteroatoms. The van der Waals surface area contributed by atoms with Crippen molar-refractivity contribution < 1.29 is 4.74 Å². The van der Waals surface area contributed by atoms with Gasteiger partial charge in [-0.05, 0) is 59.8 Å². The molecule has 0 aromatic heterocycles. The molecule has 106 valence electrons. The average molecular weight is 381 g/mol. The number of para-hydroxylation sites is 1. The fourth-order valence-corrected chi connectivity index (χ4v) is 2.75. The average Bonchev–Trinajstić information content (AvgIpc) is 2.46. The Morgan fingerprint density at radius 3 is 2.60 bits per heavy atom. The van der Waals surface area contributed by atoms with Crippen LogP contribution in [0.3, 0.4) is 0 Å². The second-order valence-electron chi connectivity index (χ2n) is 4.62. The first kappa shape index (κ1) is 15.3. The van der Waals surface area contributed by atoms with Gasteiger partial charge in [0.1, 0.15) is 11.5 Å². The highest BCUT2D eigenvalue weighted by Gasteiger charge is 2.13. The molecule has 0 saturated carbocycles. The Labute approximate surface area is 134 Å². The number of halogens is 1. The maximum absolute atomic E-state index is 6.07. The van der Waals surface area contributed by atoms with Gasteiger partial charge in [0.15, 0.2) is 0 Å². The standard InChI is InChI=1S/C17H20INO/c1-3-16(19-4-2)15-10-5-6-11-17(15)20-14-9-7-8-13(18)12-14/h5-12,16,19H,3-4H2,1-2H3. The second-order valence-corrected chi connectivity index (χ2v) is 5.86. The van der Waals surface area contributed by atoms with E-state index in [1.54, 1.807) is 0 Å². The monoisotopic (exact) mass is 381 g/mol. The highest BCUT2D eigenvalue weighted by atomic mass is 127. The smallest absolute Gasteiger partial charge is 0.132 e. The van der Waals surface area contributed by atoms with E-state index >= 15 is 0 Å². The van der Waals surface area contributed by atoms with E-state index in [1.165, 1.54) is 9.13 Å². The van der Waals surface area contributed by atoms with Crippen LogP contribution in [0.2, 0.25) is 0 Å². The predicted octanol–water partition coefficient (Wildman–Crippen LogP) is 5.14. The molecule has 1 atom stereocenters. The number of ether oxygens (including phenoxy) is 1. The fraction of sp³-hybridized carbons (Fsp3) is 0.294. The Hall–Kier alpha value is -1.07. The van der Waals surface area contributed by atoms with Gasteiger partial charge in [0, 0.05) is 15.2 Å². The van der Waals surface area contributed by atoms with Crippen molar-refractivity contribution in [3.8, 4) is 11.5 Å². The molecule has 0 spiro atoms. The van der Waals surface area contributed by atoms with Crippen LogP contribution in [0.4, 0.5) is 0 Å². The minimum atomic E-state index is 0.332. The summed E-state index contributed by atoms with van der Waals surface area (Å²) in [5.74, 6) is 1.82. The molecule has 1 N–H and O–H groups in total. The van der Waals surface area contributed by atoms with Crippen LogP contribution in [0.25, 0.3) is 0 Å². The van der Waals surface area contributed by atoms with Crippen molar-refractivity contribution in [3.63, 3.8) is 0 Å². The first-order valence-electron chi connectivity index (χ1n) is 7.00. The number of benzene rings is 2. The van der Waals surface area contributed by atoms with Crippen LogP contribution in [0, 0.1) is 3.57 Å². The molecular formula is C17H20INO. The Balaban J connectivity index is 2.27. The number of nitrogens with one attached hydrogen (secondary N) is 1. The molecule has 2 rings (SSSR count). The van der Waals surface area contributed by atoms with Gasteiger partial charge in [-0.1, -0.05) is 38.1 Å². The van der Waals surface area contributed by atoms with E-state index in [0.29, 0.717) is 6.04 Å². The molecule has 0 heterocycles. The minimum Gasteiger partial charge on any atom is -0.457 e. The molecule has 0 aliphatic heterocycles. The molecule has 0 bridgehead atoms. The maximum Gasteiger partial charge on any atom is 0.132 e. The first-order valence-corrected chi connectivity index (χ1v) is 8.08. The summed E-state index contributed by atoms with van der Waals surface area (Å²) in [7, 11) is 0. The SMILES string of the molecule is CCNC(CC)c1ccccc1Oc1cccc(I)c1. The fourth-order valence-electron chi connectivity index (χ4n) is 2.24. The zero-order valence-electron chi connectivity index (χ0n) is 11.9. The summed E-state index contributed by atoms with van der Waals surface area (Å²) < 4.78 is 7.25. The van der Waals surface area contributed by atoms with Crippen molar-refractivity contribution in [2.24, 2.45) is 0 Å². The third-order valence-corrected chi connectivity index (χ3v) is 3.85. The third-order valence-electron chi connectivity index (χ3n) is 3.18. The van der Waals surface area contributed by atoms with Crippen molar-refractivity contribution in [1.29, 1.82) is 0 Å². The molecule has 0 amide bonds. The topological polar surface area (TPSA) is 21.3 Å². The van der Waals surface area contributed by atoms with E-state index in [0.717, 1.165) is 24.5 Å². The Morgan fingerprint density at radius 2 is 1.90 bits per heavy atom. The van der Waals surface area contributed by atoms with E-state index in [-0.39, 0.29) is 0 Å². The molecule has 0 aliphatic carbocycles. The maximum atomic E-state index is 6.07. The zero-order chi connectivity index (χ0) is 14.4. The highest BCUT2D eigenvalue weighted by Crippen LogP contribution is 2.31. The summed E-state index contributed by atoms with van der Waals surface area (Å²) in [5, 5.41) is 3.50. The summed E-state index contributed by atoms with van der Waals surface area (Å²) in [4.78, 5) is 0. The normalized spacial score (nSPS) is 12.2. The molecule has 2 aromatic carbocycles. The quantitative estimate of drug-likeness (QED) is 0.700. The molecule has 20 heavy (non-hydrogen) atoms. The van der Waals surface area contributed by atoms with Crippen LogP contribution in [-0.4, -0.2) is 6.54 Å². The lowest BCUT2D eigenvalue weighted by atomic mass is 10.0. The Morgan fingerprint density at radius 1 is 1.10 bits per heavy atom. The van der Waals surface area contributed by atoms with Crippen molar-refractivity contribution in [1.82, 2.24) is 5.32 Å². The molecule has 0 fully saturated rings. The lowest BCUT2D eigenvalue weighted by molar-refractivity contribution is 0.452. The van der Waals surface area contributed by atoms with Crippen molar-refractivity contribution in [2.75, 3.05) is 6.54 Å². The van der Waals surface area contributed by atoms with Crippen LogP contribution in [-0.2, 0) is 0 Å². The van der Waals surface area contributed by atoms with Gasteiger partial charge < -0.3 is 10.1 Å². The Bertz CT molecular complexity index is 556. The van der Waals surface area contributed by atoms with Crippen molar-refractivity contribution in [3.05, 3.63) is 57.7 Å². The third kappa shape index (κ3) is 3.96. The van der Waals surface area contributed by atoms with Crippen LogP contribution >= 0.6 is 22.6 Å². The van der Waals surface area contributed by atoms with Gasteiger partial charge in [-0.25, -0.2) is 0 Å². The number of hydrogen-bond donors (Lipinski definition) is 1. The van der Waals surface area contributed by atoms with Gasteiger partial charge in [0.05, 0.1) is 0 Å². The summed E-state index contributed by atoms with van der Waals surface area (Å²) >= 11 is 2.30. The van der Waals surface area contributed by atoms with Crippen LogP contribution in [0.1, 0.15) is 31.9 Å². The first-order chi connectivity index (χ1) is 9.74. The molecule has 0 radical (unpaired) electrons. The highest BCUT2D eigenvalue weighted by molar-refractivity contribution is 14.1. The predicted molar refractivity (Wildman–Crippen MR) is 92.4 cm³/mol. The number of hydrogen-bond acceptors (Lipinski definition) is 2.